The van der Waals surface area contributed by atoms with E-state index in [1.54, 1.807) is 4.90 Å². The van der Waals surface area contributed by atoms with Crippen LogP contribution in [0.25, 0.3) is 22.1 Å². The van der Waals surface area contributed by atoms with Crippen LogP contribution in [0.3, 0.4) is 0 Å². The van der Waals surface area contributed by atoms with Gasteiger partial charge >= 0.3 is 0 Å². The number of benzene rings is 1. The number of nitrogens with one attached hydrogen (secondary N) is 2. The molecule has 0 unspecified atom stereocenters. The smallest absolute Gasteiger partial charge is 0.196 e. The molecule has 6 nitrogen and oxygen atoms in total. The van der Waals surface area contributed by atoms with Crippen LogP contribution >= 0.6 is 0 Å². The highest BCUT2D eigenvalue weighted by atomic mass is 16.5. The molecule has 2 aromatic heterocycles. The summed E-state index contributed by atoms with van der Waals surface area (Å²) < 4.78 is 11.4. The van der Waals surface area contributed by atoms with Gasteiger partial charge in [-0.05, 0) is 12.1 Å². The number of hydrogen-bond donors (Lipinski definition) is 2. The highest BCUT2D eigenvalue weighted by Gasteiger charge is 2.16. The molecule has 2 N–H and O–H groups in total. The van der Waals surface area contributed by atoms with Crippen LogP contribution in [0.2, 0.25) is 0 Å². The third-order valence-electron chi connectivity index (χ3n) is 4.78. The largest absolute Gasteiger partial charge is 0.450 e. The van der Waals surface area contributed by atoms with Crippen LogP contribution < -0.4 is 10.2 Å². The normalized spacial score (nSPS) is 15.9. The van der Waals surface area contributed by atoms with Crippen LogP contribution in [0.1, 0.15) is 19.2 Å². The maximum absolute atomic E-state index is 6.02. The predicted octanol–water partition coefficient (Wildman–Crippen LogP) is 1.66. The second-order valence-corrected chi connectivity index (χ2v) is 6.51. The summed E-state index contributed by atoms with van der Waals surface area (Å²) in [6, 6.07) is 8.04. The molecule has 0 aliphatic carbocycles. The molecule has 1 fully saturated rings. The molecular weight excluding hydrogens is 316 g/mol. The summed E-state index contributed by atoms with van der Waals surface area (Å²) in [5.74, 6) is 1.66. The van der Waals surface area contributed by atoms with E-state index in [9.17, 15) is 0 Å². The van der Waals surface area contributed by atoms with Gasteiger partial charge in [0.15, 0.2) is 11.4 Å². The van der Waals surface area contributed by atoms with Crippen molar-refractivity contribution in [3.8, 4) is 0 Å². The molecule has 4 rings (SSSR count). The molecule has 3 heterocycles. The quantitative estimate of drug-likeness (QED) is 0.668. The van der Waals surface area contributed by atoms with E-state index in [1.165, 1.54) is 0 Å². The fourth-order valence-electron chi connectivity index (χ4n) is 3.37. The number of nitrogens with zero attached hydrogens (tertiary/aromatic N) is 2. The Morgan fingerprint density at radius 1 is 1.16 bits per heavy atom. The molecule has 1 aromatic carbocycles. The van der Waals surface area contributed by atoms with Crippen molar-refractivity contribution in [1.29, 1.82) is 0 Å². The van der Waals surface area contributed by atoms with Gasteiger partial charge in [0.05, 0.1) is 19.8 Å². The molecule has 0 spiro atoms. The molecule has 0 bridgehead atoms. The first kappa shape index (κ1) is 16.3. The van der Waals surface area contributed by atoms with Crippen molar-refractivity contribution in [3.63, 3.8) is 0 Å². The Morgan fingerprint density at radius 3 is 2.84 bits per heavy atom. The highest BCUT2D eigenvalue weighted by molar-refractivity contribution is 6.05. The number of aryl methyl sites for hydroxylation is 1. The molecular formula is C19H25N4O2+. The lowest BCUT2D eigenvalue weighted by molar-refractivity contribution is -0.908. The summed E-state index contributed by atoms with van der Waals surface area (Å²) in [5, 5.41) is 4.52. The molecule has 0 amide bonds. The van der Waals surface area contributed by atoms with Crippen LogP contribution in [-0.4, -0.2) is 49.4 Å². The van der Waals surface area contributed by atoms with Crippen molar-refractivity contribution in [1.82, 2.24) is 9.97 Å². The van der Waals surface area contributed by atoms with Gasteiger partial charge in [-0.15, -0.1) is 0 Å². The van der Waals surface area contributed by atoms with Gasteiger partial charge in [0.25, 0.3) is 0 Å². The Morgan fingerprint density at radius 2 is 2.00 bits per heavy atom. The van der Waals surface area contributed by atoms with Gasteiger partial charge < -0.3 is 19.4 Å². The monoisotopic (exact) mass is 341 g/mol. The summed E-state index contributed by atoms with van der Waals surface area (Å²) in [4.78, 5) is 11.0. The molecule has 1 saturated heterocycles. The minimum Gasteiger partial charge on any atom is -0.450 e. The lowest BCUT2D eigenvalue weighted by Gasteiger charge is -2.23. The van der Waals surface area contributed by atoms with Crippen LogP contribution in [0.5, 0.6) is 0 Å². The van der Waals surface area contributed by atoms with Crippen molar-refractivity contribution < 1.29 is 14.1 Å². The number of quaternary nitrogens is 1. The first-order valence-electron chi connectivity index (χ1n) is 9.18. The number of rotatable bonds is 6. The van der Waals surface area contributed by atoms with Crippen molar-refractivity contribution in [2.24, 2.45) is 0 Å². The van der Waals surface area contributed by atoms with E-state index in [0.29, 0.717) is 0 Å². The molecule has 0 atom stereocenters. The average molecular weight is 341 g/mol. The second-order valence-electron chi connectivity index (χ2n) is 6.51. The second kappa shape index (κ2) is 7.37. The van der Waals surface area contributed by atoms with E-state index in [1.807, 2.05) is 18.2 Å². The number of fused-ring (bicyclic) bond motifs is 3. The van der Waals surface area contributed by atoms with Crippen LogP contribution in [-0.2, 0) is 11.2 Å². The summed E-state index contributed by atoms with van der Waals surface area (Å²) in [6.07, 6.45) is 1.91. The minimum atomic E-state index is 0.761. The zero-order valence-corrected chi connectivity index (χ0v) is 14.7. The Balaban J connectivity index is 1.51. The topological polar surface area (TPSA) is 64.6 Å². The predicted molar refractivity (Wildman–Crippen MR) is 98.2 cm³/mol. The summed E-state index contributed by atoms with van der Waals surface area (Å²) in [7, 11) is 0. The lowest BCUT2D eigenvalue weighted by atomic mass is 10.2. The number of para-hydroxylation sites is 1. The van der Waals surface area contributed by atoms with Gasteiger partial charge in [-0.25, -0.2) is 9.97 Å². The number of morpholine rings is 1. The number of hydrogen-bond acceptors (Lipinski definition) is 5. The number of aromatic nitrogens is 2. The Bertz CT molecular complexity index is 855. The van der Waals surface area contributed by atoms with Crippen molar-refractivity contribution in [2.75, 3.05) is 44.7 Å². The zero-order valence-electron chi connectivity index (χ0n) is 14.7. The third kappa shape index (κ3) is 3.45. The third-order valence-corrected chi connectivity index (χ3v) is 4.78. The van der Waals surface area contributed by atoms with E-state index in [-0.39, 0.29) is 0 Å². The Kier molecular flexibility index (Phi) is 4.81. The van der Waals surface area contributed by atoms with Crippen molar-refractivity contribution in [2.45, 2.75) is 19.8 Å². The maximum Gasteiger partial charge on any atom is 0.196 e. The number of ether oxygens (including phenoxy) is 1. The summed E-state index contributed by atoms with van der Waals surface area (Å²) in [5.41, 5.74) is 2.53. The molecule has 0 radical (unpaired) electrons. The first-order chi connectivity index (χ1) is 12.3. The molecule has 25 heavy (non-hydrogen) atoms. The van der Waals surface area contributed by atoms with E-state index in [4.69, 9.17) is 9.15 Å². The van der Waals surface area contributed by atoms with Crippen LogP contribution in [0.4, 0.5) is 5.82 Å². The fraction of sp³-hybridized carbons (Fsp3) is 0.474. The Labute approximate surface area is 147 Å². The molecule has 132 valence electrons. The fourth-order valence-corrected chi connectivity index (χ4v) is 3.37. The van der Waals surface area contributed by atoms with Crippen LogP contribution in [0, 0.1) is 0 Å². The van der Waals surface area contributed by atoms with Gasteiger partial charge in [-0.1, -0.05) is 19.1 Å². The van der Waals surface area contributed by atoms with Crippen molar-refractivity contribution >= 4 is 27.9 Å². The SMILES string of the molecule is CCc1nc(NCCC[NH+]2CCOCC2)c2oc3ccccc3c2n1. The van der Waals surface area contributed by atoms with E-state index in [0.717, 1.165) is 85.9 Å². The molecule has 3 aromatic rings. The molecule has 6 heteroatoms. The van der Waals surface area contributed by atoms with Gasteiger partial charge in [-0.2, -0.15) is 0 Å². The van der Waals surface area contributed by atoms with E-state index >= 15 is 0 Å². The lowest BCUT2D eigenvalue weighted by Crippen LogP contribution is -3.14. The highest BCUT2D eigenvalue weighted by Crippen LogP contribution is 2.31. The first-order valence-corrected chi connectivity index (χ1v) is 9.18. The van der Waals surface area contributed by atoms with Crippen molar-refractivity contribution in [3.05, 3.63) is 30.1 Å². The van der Waals surface area contributed by atoms with E-state index < -0.39 is 0 Å². The van der Waals surface area contributed by atoms with Gasteiger partial charge in [-0.3, -0.25) is 0 Å². The standard InChI is InChI=1S/C19H24N4O2/c1-2-16-21-17-14-6-3-4-7-15(14)25-18(17)19(22-16)20-8-5-9-23-10-12-24-13-11-23/h3-4,6-7H,2,5,8-13H2,1H3,(H,20,21,22)/p+1. The van der Waals surface area contributed by atoms with Gasteiger partial charge in [0.2, 0.25) is 0 Å². The zero-order chi connectivity index (χ0) is 17.1. The summed E-state index contributed by atoms with van der Waals surface area (Å²) in [6.45, 7) is 8.11. The van der Waals surface area contributed by atoms with Crippen LogP contribution in [0.15, 0.2) is 28.7 Å². The Hall–Kier alpha value is -2.18. The van der Waals surface area contributed by atoms with E-state index in [2.05, 4.69) is 28.3 Å². The summed E-state index contributed by atoms with van der Waals surface area (Å²) >= 11 is 0. The maximum atomic E-state index is 6.02. The molecule has 1 aliphatic heterocycles. The van der Waals surface area contributed by atoms with Gasteiger partial charge in [0, 0.05) is 24.8 Å². The molecule has 1 aliphatic rings. The number of furan rings is 1. The number of anilines is 1. The molecule has 0 saturated carbocycles. The average Bonchev–Trinajstić information content (AvgIpc) is 3.04. The minimum absolute atomic E-state index is 0.761. The van der Waals surface area contributed by atoms with Gasteiger partial charge in [0.1, 0.15) is 30.0 Å².